The second-order valence-electron chi connectivity index (χ2n) is 6.75. The molecular formula is C20H22N4O. The summed E-state index contributed by atoms with van der Waals surface area (Å²) in [6.45, 7) is 5.17. The summed E-state index contributed by atoms with van der Waals surface area (Å²) >= 11 is 0. The van der Waals surface area contributed by atoms with Crippen molar-refractivity contribution in [3.63, 3.8) is 0 Å². The van der Waals surface area contributed by atoms with Gasteiger partial charge in [-0.2, -0.15) is 0 Å². The van der Waals surface area contributed by atoms with Crippen LogP contribution in [0.25, 0.3) is 11.5 Å². The molecule has 0 radical (unpaired) electrons. The van der Waals surface area contributed by atoms with Crippen molar-refractivity contribution in [2.45, 2.75) is 32.2 Å². The molecule has 5 nitrogen and oxygen atoms in total. The van der Waals surface area contributed by atoms with E-state index in [-0.39, 0.29) is 0 Å². The third-order valence-corrected chi connectivity index (χ3v) is 4.73. The van der Waals surface area contributed by atoms with Crippen LogP contribution in [0.4, 0.5) is 0 Å². The van der Waals surface area contributed by atoms with E-state index in [0.717, 1.165) is 43.9 Å². The van der Waals surface area contributed by atoms with Gasteiger partial charge >= 0.3 is 0 Å². The summed E-state index contributed by atoms with van der Waals surface area (Å²) in [7, 11) is 0. The van der Waals surface area contributed by atoms with E-state index in [4.69, 9.17) is 4.42 Å². The molecule has 5 heteroatoms. The van der Waals surface area contributed by atoms with Crippen LogP contribution in [0.2, 0.25) is 0 Å². The lowest BCUT2D eigenvalue weighted by atomic mass is 9.97. The van der Waals surface area contributed by atoms with Gasteiger partial charge in [-0.3, -0.25) is 9.88 Å². The number of piperidine rings is 1. The number of aryl methyl sites for hydroxylation is 1. The van der Waals surface area contributed by atoms with E-state index in [1.807, 2.05) is 12.1 Å². The van der Waals surface area contributed by atoms with Crippen LogP contribution >= 0.6 is 0 Å². The molecule has 4 rings (SSSR count). The zero-order valence-corrected chi connectivity index (χ0v) is 14.4. The number of rotatable bonds is 4. The lowest BCUT2D eigenvalue weighted by molar-refractivity contribution is 0.186. The number of likely N-dealkylation sites (tertiary alicyclic amines) is 1. The fraction of sp³-hybridized carbons (Fsp3) is 0.350. The first kappa shape index (κ1) is 16.0. The third kappa shape index (κ3) is 3.77. The van der Waals surface area contributed by atoms with Gasteiger partial charge in [-0.15, -0.1) is 10.2 Å². The Hall–Kier alpha value is -2.53. The Labute approximate surface area is 147 Å². The van der Waals surface area contributed by atoms with E-state index < -0.39 is 0 Å². The maximum absolute atomic E-state index is 5.93. The Kier molecular flexibility index (Phi) is 4.57. The summed E-state index contributed by atoms with van der Waals surface area (Å²) in [4.78, 5) is 6.59. The Bertz CT molecular complexity index is 813. The number of benzene rings is 1. The molecule has 1 aliphatic rings. The van der Waals surface area contributed by atoms with Crippen molar-refractivity contribution in [3.05, 3.63) is 65.8 Å². The van der Waals surface area contributed by atoms with E-state index in [1.54, 1.807) is 12.4 Å². The third-order valence-electron chi connectivity index (χ3n) is 4.73. The average molecular weight is 334 g/mol. The van der Waals surface area contributed by atoms with Gasteiger partial charge in [0.1, 0.15) is 0 Å². The Morgan fingerprint density at radius 2 is 2.04 bits per heavy atom. The molecule has 128 valence electrons. The normalized spacial score (nSPS) is 18.4. The van der Waals surface area contributed by atoms with Gasteiger partial charge in [0.25, 0.3) is 0 Å². The fourth-order valence-corrected chi connectivity index (χ4v) is 3.36. The van der Waals surface area contributed by atoms with Crippen LogP contribution in [0.15, 0.2) is 53.2 Å². The van der Waals surface area contributed by atoms with Crippen molar-refractivity contribution in [2.24, 2.45) is 0 Å². The predicted molar refractivity (Wildman–Crippen MR) is 96.0 cm³/mol. The van der Waals surface area contributed by atoms with Crippen LogP contribution in [0.1, 0.15) is 35.8 Å². The van der Waals surface area contributed by atoms with Crippen molar-refractivity contribution >= 4 is 0 Å². The molecule has 1 atom stereocenters. The highest BCUT2D eigenvalue weighted by Crippen LogP contribution is 2.28. The molecule has 3 heterocycles. The highest BCUT2D eigenvalue weighted by atomic mass is 16.4. The zero-order chi connectivity index (χ0) is 17.1. The molecule has 2 aromatic heterocycles. The molecular weight excluding hydrogens is 312 g/mol. The predicted octanol–water partition coefficient (Wildman–Crippen LogP) is 3.82. The van der Waals surface area contributed by atoms with Gasteiger partial charge in [0.05, 0.1) is 11.5 Å². The molecule has 1 aromatic carbocycles. The minimum Gasteiger partial charge on any atom is -0.420 e. The van der Waals surface area contributed by atoms with E-state index >= 15 is 0 Å². The van der Waals surface area contributed by atoms with Gasteiger partial charge in [0.2, 0.25) is 11.8 Å². The van der Waals surface area contributed by atoms with E-state index in [9.17, 15) is 0 Å². The van der Waals surface area contributed by atoms with E-state index in [1.165, 1.54) is 11.1 Å². The maximum Gasteiger partial charge on any atom is 0.249 e. The SMILES string of the molecule is Cc1ccc(CN2CCC[C@H](c3nnc(-c4cccnc4)o3)C2)cc1. The topological polar surface area (TPSA) is 55.1 Å². The second-order valence-corrected chi connectivity index (χ2v) is 6.75. The fourth-order valence-electron chi connectivity index (χ4n) is 3.36. The molecule has 1 saturated heterocycles. The zero-order valence-electron chi connectivity index (χ0n) is 14.4. The van der Waals surface area contributed by atoms with Crippen LogP contribution < -0.4 is 0 Å². The van der Waals surface area contributed by atoms with Gasteiger partial charge < -0.3 is 4.42 Å². The van der Waals surface area contributed by atoms with Crippen molar-refractivity contribution in [1.29, 1.82) is 0 Å². The highest BCUT2D eigenvalue weighted by Gasteiger charge is 2.26. The number of hydrogen-bond acceptors (Lipinski definition) is 5. The van der Waals surface area contributed by atoms with Crippen LogP contribution in [0, 0.1) is 6.92 Å². The summed E-state index contributed by atoms with van der Waals surface area (Å²) in [5.41, 5.74) is 3.52. The molecule has 0 N–H and O–H groups in total. The first-order chi connectivity index (χ1) is 12.3. The summed E-state index contributed by atoms with van der Waals surface area (Å²) < 4.78 is 5.93. The molecule has 0 aliphatic carbocycles. The lowest BCUT2D eigenvalue weighted by Gasteiger charge is -2.31. The van der Waals surface area contributed by atoms with Crippen molar-refractivity contribution < 1.29 is 4.42 Å². The van der Waals surface area contributed by atoms with Crippen molar-refractivity contribution in [2.75, 3.05) is 13.1 Å². The van der Waals surface area contributed by atoms with Gasteiger partial charge in [0, 0.05) is 25.5 Å². The molecule has 1 aliphatic heterocycles. The van der Waals surface area contributed by atoms with E-state index in [0.29, 0.717) is 11.8 Å². The minimum absolute atomic E-state index is 0.303. The molecule has 1 fully saturated rings. The number of hydrogen-bond donors (Lipinski definition) is 0. The highest BCUT2D eigenvalue weighted by molar-refractivity contribution is 5.50. The standard InChI is InChI=1S/C20H22N4O/c1-15-6-8-16(9-7-15)13-24-11-3-5-18(14-24)20-23-22-19(25-20)17-4-2-10-21-12-17/h2,4,6-10,12,18H,3,5,11,13-14H2,1H3/t18-/m0/s1. The molecule has 0 spiro atoms. The lowest BCUT2D eigenvalue weighted by Crippen LogP contribution is -2.34. The smallest absolute Gasteiger partial charge is 0.249 e. The van der Waals surface area contributed by atoms with Gasteiger partial charge in [-0.1, -0.05) is 29.8 Å². The first-order valence-corrected chi connectivity index (χ1v) is 8.79. The van der Waals surface area contributed by atoms with Gasteiger partial charge in [0.15, 0.2) is 0 Å². The molecule has 3 aromatic rings. The maximum atomic E-state index is 5.93. The number of nitrogens with zero attached hydrogens (tertiary/aromatic N) is 4. The van der Waals surface area contributed by atoms with Crippen LogP contribution in [0.3, 0.4) is 0 Å². The minimum atomic E-state index is 0.303. The van der Waals surface area contributed by atoms with Crippen LogP contribution in [0.5, 0.6) is 0 Å². The number of aromatic nitrogens is 3. The molecule has 0 bridgehead atoms. The largest absolute Gasteiger partial charge is 0.420 e. The van der Waals surface area contributed by atoms with Gasteiger partial charge in [-0.25, -0.2) is 0 Å². The Morgan fingerprint density at radius 3 is 2.84 bits per heavy atom. The average Bonchev–Trinajstić information content (AvgIpc) is 3.15. The van der Waals surface area contributed by atoms with Crippen molar-refractivity contribution in [1.82, 2.24) is 20.1 Å². The second kappa shape index (κ2) is 7.15. The van der Waals surface area contributed by atoms with E-state index in [2.05, 4.69) is 51.3 Å². The summed E-state index contributed by atoms with van der Waals surface area (Å²) in [5.74, 6) is 1.60. The monoisotopic (exact) mass is 334 g/mol. The molecule has 0 unspecified atom stereocenters. The first-order valence-electron chi connectivity index (χ1n) is 8.79. The van der Waals surface area contributed by atoms with Crippen molar-refractivity contribution in [3.8, 4) is 11.5 Å². The molecule has 25 heavy (non-hydrogen) atoms. The molecule has 0 amide bonds. The van der Waals surface area contributed by atoms with Gasteiger partial charge in [-0.05, 0) is 44.0 Å². The quantitative estimate of drug-likeness (QED) is 0.726. The summed E-state index contributed by atoms with van der Waals surface area (Å²) in [6, 6.07) is 12.6. The van der Waals surface area contributed by atoms with Crippen LogP contribution in [-0.4, -0.2) is 33.2 Å². The number of pyridine rings is 1. The molecule has 0 saturated carbocycles. The Balaban J connectivity index is 1.44. The Morgan fingerprint density at radius 1 is 1.16 bits per heavy atom. The summed E-state index contributed by atoms with van der Waals surface area (Å²) in [6.07, 6.45) is 5.74. The summed E-state index contributed by atoms with van der Waals surface area (Å²) in [5, 5.41) is 8.50. The van der Waals surface area contributed by atoms with Crippen LogP contribution in [-0.2, 0) is 6.54 Å².